The van der Waals surface area contributed by atoms with Gasteiger partial charge < -0.3 is 9.64 Å². The molecule has 25 heavy (non-hydrogen) atoms. The molecule has 1 aliphatic heterocycles. The molecule has 1 amide bonds. The third-order valence-corrected chi connectivity index (χ3v) is 6.96. The number of carbonyl (C=O) groups is 1. The van der Waals surface area contributed by atoms with Crippen LogP contribution in [0.5, 0.6) is 0 Å². The van der Waals surface area contributed by atoms with E-state index in [1.807, 2.05) is 13.8 Å². The molecule has 0 aliphatic carbocycles. The van der Waals surface area contributed by atoms with Crippen molar-refractivity contribution in [2.24, 2.45) is 0 Å². The fraction of sp³-hybridized carbons (Fsp3) is 0.588. The van der Waals surface area contributed by atoms with Crippen LogP contribution in [-0.4, -0.2) is 62.9 Å². The van der Waals surface area contributed by atoms with Crippen LogP contribution in [0.25, 0.3) is 0 Å². The molecule has 0 N–H and O–H groups in total. The van der Waals surface area contributed by atoms with E-state index in [-0.39, 0.29) is 35.0 Å². The van der Waals surface area contributed by atoms with Crippen molar-refractivity contribution in [3.63, 3.8) is 0 Å². The van der Waals surface area contributed by atoms with Crippen LogP contribution in [0.1, 0.15) is 37.0 Å². The highest BCUT2D eigenvalue weighted by atomic mass is 35.5. The monoisotopic (exact) mass is 388 g/mol. The van der Waals surface area contributed by atoms with Gasteiger partial charge in [-0.1, -0.05) is 25.4 Å². The smallest absolute Gasteiger partial charge is 0.253 e. The van der Waals surface area contributed by atoms with Gasteiger partial charge in [-0.25, -0.2) is 8.42 Å². The first-order valence-electron chi connectivity index (χ1n) is 8.47. The van der Waals surface area contributed by atoms with Crippen molar-refractivity contribution >= 4 is 27.5 Å². The highest BCUT2D eigenvalue weighted by molar-refractivity contribution is 7.89. The van der Waals surface area contributed by atoms with Gasteiger partial charge in [0.15, 0.2) is 0 Å². The number of morpholine rings is 1. The lowest BCUT2D eigenvalue weighted by Gasteiger charge is -2.28. The van der Waals surface area contributed by atoms with Crippen LogP contribution >= 0.6 is 11.6 Å². The molecule has 0 atom stereocenters. The van der Waals surface area contributed by atoms with Crippen molar-refractivity contribution in [2.75, 3.05) is 33.4 Å². The molecular weight excluding hydrogens is 364 g/mol. The van der Waals surface area contributed by atoms with Gasteiger partial charge in [-0.15, -0.1) is 0 Å². The van der Waals surface area contributed by atoms with Crippen molar-refractivity contribution in [1.82, 2.24) is 9.21 Å². The third-order valence-electron chi connectivity index (χ3n) is 4.58. The number of carbonyl (C=O) groups excluding carboxylic acids is 1. The Morgan fingerprint density at radius 1 is 1.28 bits per heavy atom. The number of halogens is 1. The Morgan fingerprint density at radius 3 is 2.44 bits per heavy atom. The van der Waals surface area contributed by atoms with Crippen LogP contribution in [0.2, 0.25) is 5.02 Å². The fourth-order valence-corrected chi connectivity index (χ4v) is 4.87. The molecule has 1 aromatic carbocycles. The lowest BCUT2D eigenvalue weighted by molar-refractivity contribution is 0.0721. The lowest BCUT2D eigenvalue weighted by atomic mass is 10.1. The van der Waals surface area contributed by atoms with Crippen LogP contribution in [0.4, 0.5) is 0 Å². The van der Waals surface area contributed by atoms with E-state index >= 15 is 0 Å². The summed E-state index contributed by atoms with van der Waals surface area (Å²) in [7, 11) is -2.01. The van der Waals surface area contributed by atoms with Crippen LogP contribution in [-0.2, 0) is 14.8 Å². The zero-order valence-corrected chi connectivity index (χ0v) is 16.4. The highest BCUT2D eigenvalue weighted by Crippen LogP contribution is 2.27. The maximum Gasteiger partial charge on any atom is 0.253 e. The minimum absolute atomic E-state index is 0.0279. The Bertz CT molecular complexity index is 713. The molecule has 8 heteroatoms. The second kappa shape index (κ2) is 8.49. The number of hydrogen-bond donors (Lipinski definition) is 0. The molecule has 2 rings (SSSR count). The SMILES string of the molecule is CCC(CC)N(C)C(=O)c1ccc(Cl)c(S(=O)(=O)N2CCOCC2)c1. The van der Waals surface area contributed by atoms with Crippen molar-refractivity contribution < 1.29 is 17.9 Å². The molecular formula is C17H25ClN2O4S. The first kappa shape index (κ1) is 20.2. The number of rotatable bonds is 6. The number of hydrogen-bond acceptors (Lipinski definition) is 4. The van der Waals surface area contributed by atoms with E-state index in [2.05, 4.69) is 0 Å². The topological polar surface area (TPSA) is 66.9 Å². The van der Waals surface area contributed by atoms with Gasteiger partial charge in [0.2, 0.25) is 10.0 Å². The molecule has 0 saturated carbocycles. The van der Waals surface area contributed by atoms with Crippen LogP contribution in [0.15, 0.2) is 23.1 Å². The highest BCUT2D eigenvalue weighted by Gasteiger charge is 2.29. The van der Waals surface area contributed by atoms with Gasteiger partial charge in [-0.05, 0) is 31.0 Å². The lowest BCUT2D eigenvalue weighted by Crippen LogP contribution is -2.41. The molecule has 6 nitrogen and oxygen atoms in total. The summed E-state index contributed by atoms with van der Waals surface area (Å²) in [5.41, 5.74) is 0.325. The van der Waals surface area contributed by atoms with Crippen molar-refractivity contribution in [3.05, 3.63) is 28.8 Å². The summed E-state index contributed by atoms with van der Waals surface area (Å²) in [4.78, 5) is 14.4. The first-order valence-corrected chi connectivity index (χ1v) is 10.3. The van der Waals surface area contributed by atoms with E-state index in [1.165, 1.54) is 16.4 Å². The Kier molecular flexibility index (Phi) is 6.85. The predicted octanol–water partition coefficient (Wildman–Crippen LogP) is 2.62. The van der Waals surface area contributed by atoms with Crippen molar-refractivity contribution in [2.45, 2.75) is 37.6 Å². The number of amides is 1. The molecule has 0 aromatic heterocycles. The fourth-order valence-electron chi connectivity index (χ4n) is 2.97. The minimum atomic E-state index is -3.76. The number of sulfonamides is 1. The van der Waals surface area contributed by atoms with Gasteiger partial charge >= 0.3 is 0 Å². The Morgan fingerprint density at radius 2 is 1.88 bits per heavy atom. The van der Waals surface area contributed by atoms with Crippen molar-refractivity contribution in [1.29, 1.82) is 0 Å². The molecule has 0 spiro atoms. The van der Waals surface area contributed by atoms with Gasteiger partial charge in [0.1, 0.15) is 4.90 Å². The first-order chi connectivity index (χ1) is 11.8. The van der Waals surface area contributed by atoms with E-state index in [4.69, 9.17) is 16.3 Å². The maximum atomic E-state index is 12.9. The van der Waals surface area contributed by atoms with E-state index in [1.54, 1.807) is 18.0 Å². The second-order valence-corrected chi connectivity index (χ2v) is 8.36. The number of benzene rings is 1. The molecule has 140 valence electrons. The van der Waals surface area contributed by atoms with E-state index in [0.29, 0.717) is 18.8 Å². The average Bonchev–Trinajstić information content (AvgIpc) is 2.63. The quantitative estimate of drug-likeness (QED) is 0.751. The Labute approximate surface area is 154 Å². The Balaban J connectivity index is 2.35. The van der Waals surface area contributed by atoms with Gasteiger partial charge in [-0.2, -0.15) is 4.31 Å². The standard InChI is InChI=1S/C17H25ClN2O4S/c1-4-14(5-2)19(3)17(21)13-6-7-15(18)16(12-13)25(22,23)20-8-10-24-11-9-20/h6-7,12,14H,4-5,8-11H2,1-3H3. The van der Waals surface area contributed by atoms with E-state index in [0.717, 1.165) is 12.8 Å². The molecule has 1 fully saturated rings. The zero-order chi connectivity index (χ0) is 18.6. The van der Waals surface area contributed by atoms with Crippen LogP contribution in [0, 0.1) is 0 Å². The summed E-state index contributed by atoms with van der Waals surface area (Å²) in [6, 6.07) is 4.54. The summed E-state index contributed by atoms with van der Waals surface area (Å²) in [5.74, 6) is -0.205. The zero-order valence-electron chi connectivity index (χ0n) is 14.9. The predicted molar refractivity (Wildman–Crippen MR) is 97.5 cm³/mol. The molecule has 1 saturated heterocycles. The second-order valence-electron chi connectivity index (χ2n) is 6.05. The van der Waals surface area contributed by atoms with Gasteiger partial charge in [0, 0.05) is 31.7 Å². The normalized spacial score (nSPS) is 16.2. The molecule has 0 bridgehead atoms. The molecule has 1 heterocycles. The number of nitrogens with zero attached hydrogens (tertiary/aromatic N) is 2. The van der Waals surface area contributed by atoms with Crippen molar-refractivity contribution in [3.8, 4) is 0 Å². The van der Waals surface area contributed by atoms with Crippen LogP contribution in [0.3, 0.4) is 0 Å². The molecule has 1 aliphatic rings. The molecule has 0 unspecified atom stereocenters. The van der Waals surface area contributed by atoms with E-state index in [9.17, 15) is 13.2 Å². The Hall–Kier alpha value is -1.15. The summed E-state index contributed by atoms with van der Waals surface area (Å²) in [6.45, 7) is 5.32. The van der Waals surface area contributed by atoms with Gasteiger partial charge in [0.25, 0.3) is 5.91 Å². The average molecular weight is 389 g/mol. The minimum Gasteiger partial charge on any atom is -0.379 e. The van der Waals surface area contributed by atoms with Gasteiger partial charge in [0.05, 0.1) is 18.2 Å². The van der Waals surface area contributed by atoms with E-state index < -0.39 is 10.0 Å². The van der Waals surface area contributed by atoms with Crippen LogP contribution < -0.4 is 0 Å². The number of ether oxygens (including phenoxy) is 1. The third kappa shape index (κ3) is 4.34. The maximum absolute atomic E-state index is 12.9. The summed E-state index contributed by atoms with van der Waals surface area (Å²) < 4.78 is 32.3. The molecule has 1 aromatic rings. The summed E-state index contributed by atoms with van der Waals surface area (Å²) in [6.07, 6.45) is 1.68. The molecule has 0 radical (unpaired) electrons. The summed E-state index contributed by atoms with van der Waals surface area (Å²) >= 11 is 6.14. The summed E-state index contributed by atoms with van der Waals surface area (Å²) in [5, 5.41) is 0.119. The largest absolute Gasteiger partial charge is 0.379 e. The van der Waals surface area contributed by atoms with Gasteiger partial charge in [-0.3, -0.25) is 4.79 Å².